The molecule has 0 fully saturated rings. The fourth-order valence-electron chi connectivity index (χ4n) is 6.94. The van der Waals surface area contributed by atoms with Crippen LogP contribution >= 0.6 is 0 Å². The second-order valence-corrected chi connectivity index (χ2v) is 14.4. The van der Waals surface area contributed by atoms with Gasteiger partial charge in [-0.2, -0.15) is 72.8 Å². The number of hydrogen-bond donors (Lipinski definition) is 0. The van der Waals surface area contributed by atoms with Gasteiger partial charge >= 0.3 is 20.4 Å². The van der Waals surface area contributed by atoms with E-state index in [-0.39, 0.29) is 20.4 Å². The summed E-state index contributed by atoms with van der Waals surface area (Å²) in [5, 5.41) is 0. The Morgan fingerprint density at radius 2 is 0.870 bits per heavy atom. The standard InChI is InChI=1S/C39H58N2.2C6H5.Pd/c1-5-9-13-15-16-18-21-32-27-29-34(30-28-32)38-36(25-12-8-4)37(26-19-14-10-6-2)39(41(38)40)35-24-20-23-33(31-35)22-17-11-7-3;2*1-2-4-6-5-3-1;/h20,23-24,27-31H,5-19,21-22,25-26H2,1-4H3;2*1-5H;/q;2*-1;+2. The van der Waals surface area contributed by atoms with Crippen LogP contribution in [-0.4, -0.2) is 4.70 Å². The fraction of sp³-hybridized carbons (Fsp3) is 0.451. The van der Waals surface area contributed by atoms with E-state index in [9.17, 15) is 5.53 Å². The van der Waals surface area contributed by atoms with E-state index in [1.807, 2.05) is 60.7 Å². The molecule has 54 heavy (non-hydrogen) atoms. The van der Waals surface area contributed by atoms with Gasteiger partial charge in [0.2, 0.25) is 11.4 Å². The molecule has 4 aromatic rings. The van der Waals surface area contributed by atoms with E-state index < -0.39 is 0 Å². The van der Waals surface area contributed by atoms with Gasteiger partial charge in [-0.05, 0) is 86.8 Å². The summed E-state index contributed by atoms with van der Waals surface area (Å²) in [7, 11) is 0. The number of aryl methyl sites for hydroxylation is 2. The Bertz CT molecular complexity index is 1500. The molecule has 0 aliphatic carbocycles. The third-order valence-corrected chi connectivity index (χ3v) is 9.95. The largest absolute Gasteiger partial charge is 2.00 e. The third-order valence-electron chi connectivity index (χ3n) is 9.95. The molecule has 3 heteroatoms. The van der Waals surface area contributed by atoms with Crippen LogP contribution in [0.25, 0.3) is 16.9 Å². The van der Waals surface area contributed by atoms with Crippen molar-refractivity contribution in [2.75, 3.05) is 0 Å². The van der Waals surface area contributed by atoms with Gasteiger partial charge in [0, 0.05) is 22.3 Å². The minimum atomic E-state index is 0. The van der Waals surface area contributed by atoms with Crippen LogP contribution in [0.3, 0.4) is 0 Å². The average Bonchev–Trinajstić information content (AvgIpc) is 3.49. The van der Waals surface area contributed by atoms with E-state index in [0.29, 0.717) is 0 Å². The van der Waals surface area contributed by atoms with Gasteiger partial charge in [0.1, 0.15) is 0 Å². The Hall–Kier alpha value is -3.38. The zero-order valence-corrected chi connectivity index (χ0v) is 35.6. The van der Waals surface area contributed by atoms with Crippen molar-refractivity contribution < 1.29 is 25.1 Å². The number of unbranched alkanes of at least 4 members (excludes halogenated alkanes) is 11. The Morgan fingerprint density at radius 1 is 0.426 bits per heavy atom. The molecule has 0 amide bonds. The molecule has 2 nitrogen and oxygen atoms in total. The smallest absolute Gasteiger partial charge is 0.493 e. The molecule has 292 valence electrons. The molecule has 0 N–H and O–H groups in total. The van der Waals surface area contributed by atoms with Crippen LogP contribution in [0, 0.1) is 12.1 Å². The van der Waals surface area contributed by atoms with E-state index in [2.05, 4.69) is 88.4 Å². The van der Waals surface area contributed by atoms with Gasteiger partial charge in [-0.1, -0.05) is 123 Å². The molecule has 0 spiro atoms. The maximum absolute atomic E-state index is 11.9. The Kier molecular flexibility index (Phi) is 25.9. The number of hydrogen-bond acceptors (Lipinski definition) is 0. The van der Waals surface area contributed by atoms with Crippen LogP contribution < -0.4 is 0 Å². The van der Waals surface area contributed by atoms with E-state index in [1.165, 1.54) is 106 Å². The van der Waals surface area contributed by atoms with E-state index in [1.54, 1.807) is 4.70 Å². The minimum Gasteiger partial charge on any atom is -0.493 e. The first-order chi connectivity index (χ1) is 26.1. The molecular weight excluding hydrogens is 747 g/mol. The van der Waals surface area contributed by atoms with Crippen LogP contribution in [0.2, 0.25) is 0 Å². The Balaban J connectivity index is 0.000000652. The molecule has 5 rings (SSSR count). The van der Waals surface area contributed by atoms with Gasteiger partial charge < -0.3 is 5.53 Å². The first-order valence-electron chi connectivity index (χ1n) is 21.1. The minimum absolute atomic E-state index is 0. The molecule has 0 saturated carbocycles. The van der Waals surface area contributed by atoms with Gasteiger partial charge in [-0.3, -0.25) is 0 Å². The number of benzene rings is 4. The predicted molar refractivity (Wildman–Crippen MR) is 229 cm³/mol. The molecule has 1 aliphatic heterocycles. The summed E-state index contributed by atoms with van der Waals surface area (Å²) < 4.78 is 1.56. The van der Waals surface area contributed by atoms with Gasteiger partial charge in [-0.15, -0.1) is 0 Å². The monoisotopic (exact) mass is 814 g/mol. The number of allylic oxidation sites excluding steroid dienone is 2. The van der Waals surface area contributed by atoms with Crippen molar-refractivity contribution in [1.29, 1.82) is 0 Å². The second-order valence-electron chi connectivity index (χ2n) is 14.4. The van der Waals surface area contributed by atoms with Crippen molar-refractivity contribution in [3.05, 3.63) is 160 Å². The van der Waals surface area contributed by atoms with Crippen LogP contribution in [0.4, 0.5) is 0 Å². The maximum atomic E-state index is 11.9. The van der Waals surface area contributed by atoms with Gasteiger partial charge in [0.05, 0.1) is 0 Å². The molecule has 1 aliphatic rings. The normalized spacial score (nSPS) is 12.1. The van der Waals surface area contributed by atoms with Gasteiger partial charge in [0.15, 0.2) is 0 Å². The molecule has 4 aromatic carbocycles. The van der Waals surface area contributed by atoms with Crippen molar-refractivity contribution in [1.82, 2.24) is 0 Å². The molecule has 1 heterocycles. The predicted octanol–water partition coefficient (Wildman–Crippen LogP) is 15.6. The topological polar surface area (TPSA) is 25.3 Å². The molecule has 0 aromatic heterocycles. The number of rotatable bonds is 21. The van der Waals surface area contributed by atoms with Gasteiger partial charge in [0.25, 0.3) is 0 Å². The summed E-state index contributed by atoms with van der Waals surface area (Å²) >= 11 is 0. The zero-order chi connectivity index (χ0) is 37.8. The third kappa shape index (κ3) is 17.4. The van der Waals surface area contributed by atoms with Crippen molar-refractivity contribution in [2.24, 2.45) is 0 Å². The summed E-state index contributed by atoms with van der Waals surface area (Å²) in [6.45, 7) is 9.09. The fourth-order valence-corrected chi connectivity index (χ4v) is 6.94. The summed E-state index contributed by atoms with van der Waals surface area (Å²) in [5.41, 5.74) is 21.8. The molecule has 0 radical (unpaired) electrons. The van der Waals surface area contributed by atoms with Crippen LogP contribution in [0.15, 0.2) is 120 Å². The maximum Gasteiger partial charge on any atom is 2.00 e. The molecule has 0 unspecified atom stereocenters. The first kappa shape index (κ1) is 46.8. The number of nitrogens with zero attached hydrogens (tertiary/aromatic N) is 2. The molecule has 0 bridgehead atoms. The first-order valence-corrected chi connectivity index (χ1v) is 21.1. The molecular formula is C51H68N2Pd. The van der Waals surface area contributed by atoms with E-state index in [4.69, 9.17) is 0 Å². The van der Waals surface area contributed by atoms with Crippen molar-refractivity contribution in [3.8, 4) is 0 Å². The van der Waals surface area contributed by atoms with Crippen LogP contribution in [-0.2, 0) is 33.3 Å². The SMILES string of the molecule is CCCCCCCCc1ccc(C2=C(CCCC)C(CCCCCC)=C(c3cccc(CCCCC)c3)[N+]2=[N-])cc1.[Pd+2].[c-]1ccccc1.[c-]1ccccc1. The molecule has 0 atom stereocenters. The summed E-state index contributed by atoms with van der Waals surface area (Å²) in [5.74, 6) is 0. The van der Waals surface area contributed by atoms with E-state index in [0.717, 1.165) is 61.0 Å². The zero-order valence-electron chi connectivity index (χ0n) is 34.0. The van der Waals surface area contributed by atoms with Gasteiger partial charge in [-0.25, -0.2) is 4.70 Å². The Morgan fingerprint density at radius 3 is 1.41 bits per heavy atom. The van der Waals surface area contributed by atoms with Crippen molar-refractivity contribution in [2.45, 2.75) is 150 Å². The van der Waals surface area contributed by atoms with Crippen LogP contribution in [0.5, 0.6) is 0 Å². The van der Waals surface area contributed by atoms with Crippen molar-refractivity contribution >= 4 is 11.4 Å². The quantitative estimate of drug-likeness (QED) is 0.0347. The second kappa shape index (κ2) is 29.9. The Labute approximate surface area is 344 Å². The molecule has 0 saturated heterocycles. The summed E-state index contributed by atoms with van der Waals surface area (Å²) in [6, 6.07) is 43.1. The summed E-state index contributed by atoms with van der Waals surface area (Å²) in [4.78, 5) is 0. The van der Waals surface area contributed by atoms with E-state index >= 15 is 0 Å². The summed E-state index contributed by atoms with van der Waals surface area (Å²) in [6.07, 6.45) is 23.3. The average molecular weight is 816 g/mol. The van der Waals surface area contributed by atoms with Crippen LogP contribution in [0.1, 0.15) is 159 Å². The van der Waals surface area contributed by atoms with Crippen molar-refractivity contribution in [3.63, 3.8) is 0 Å².